The standard InChI is InChI=1S/C27H44O2/c1-6-27(29)16-13-20-19(17-27)7-8-22-21(20)12-15-26(5)23(9-10-24(22)26)18(2)11-14-25(3,4)28/h6-7,18,20-24,28-29H,1,8-17H2,2-5H3/t18?,20-,21?,22?,23+,24?,26+,27-/m0/s1. The highest BCUT2D eigenvalue weighted by Gasteiger charge is 2.57. The highest BCUT2D eigenvalue weighted by atomic mass is 16.3. The van der Waals surface area contributed by atoms with Gasteiger partial charge >= 0.3 is 0 Å². The molecule has 4 aliphatic rings. The minimum absolute atomic E-state index is 0.488. The minimum Gasteiger partial charge on any atom is -0.390 e. The average molecular weight is 401 g/mol. The Kier molecular flexibility index (Phi) is 5.61. The van der Waals surface area contributed by atoms with Crippen molar-refractivity contribution in [2.24, 2.45) is 40.9 Å². The van der Waals surface area contributed by atoms with Gasteiger partial charge in [-0.1, -0.05) is 31.6 Å². The van der Waals surface area contributed by atoms with E-state index in [0.29, 0.717) is 17.3 Å². The highest BCUT2D eigenvalue weighted by Crippen LogP contribution is 2.65. The van der Waals surface area contributed by atoms with Crippen molar-refractivity contribution in [3.05, 3.63) is 24.3 Å². The van der Waals surface area contributed by atoms with Crippen LogP contribution in [0.4, 0.5) is 0 Å². The number of allylic oxidation sites excluding steroid dienone is 1. The molecule has 0 bridgehead atoms. The molecule has 4 unspecified atom stereocenters. The molecule has 0 radical (unpaired) electrons. The average Bonchev–Trinajstić information content (AvgIpc) is 3.02. The van der Waals surface area contributed by atoms with Crippen LogP contribution in [-0.2, 0) is 0 Å². The lowest BCUT2D eigenvalue weighted by atomic mass is 9.50. The van der Waals surface area contributed by atoms with E-state index in [0.717, 1.165) is 55.8 Å². The number of hydrogen-bond donors (Lipinski definition) is 2. The van der Waals surface area contributed by atoms with Gasteiger partial charge in [0, 0.05) is 6.42 Å². The molecule has 3 fully saturated rings. The van der Waals surface area contributed by atoms with E-state index in [9.17, 15) is 10.2 Å². The van der Waals surface area contributed by atoms with Gasteiger partial charge in [0.1, 0.15) is 0 Å². The number of aliphatic hydroxyl groups is 2. The van der Waals surface area contributed by atoms with Crippen molar-refractivity contribution < 1.29 is 10.2 Å². The molecule has 0 heterocycles. The molecule has 0 aliphatic heterocycles. The normalized spacial score (nSPS) is 45.6. The van der Waals surface area contributed by atoms with E-state index in [-0.39, 0.29) is 0 Å². The summed E-state index contributed by atoms with van der Waals surface area (Å²) in [6.45, 7) is 12.9. The first kappa shape index (κ1) is 21.6. The van der Waals surface area contributed by atoms with Crippen LogP contribution in [0.1, 0.15) is 91.9 Å². The van der Waals surface area contributed by atoms with Gasteiger partial charge < -0.3 is 10.2 Å². The van der Waals surface area contributed by atoms with Crippen LogP contribution in [-0.4, -0.2) is 21.4 Å². The van der Waals surface area contributed by atoms with E-state index in [1.54, 1.807) is 6.08 Å². The van der Waals surface area contributed by atoms with Gasteiger partial charge in [0.15, 0.2) is 0 Å². The molecule has 0 aromatic heterocycles. The lowest BCUT2D eigenvalue weighted by Gasteiger charge is -2.55. The summed E-state index contributed by atoms with van der Waals surface area (Å²) < 4.78 is 0. The van der Waals surface area contributed by atoms with Crippen LogP contribution < -0.4 is 0 Å². The van der Waals surface area contributed by atoms with E-state index in [1.807, 2.05) is 13.8 Å². The molecule has 2 N–H and O–H groups in total. The Morgan fingerprint density at radius 1 is 1.21 bits per heavy atom. The maximum Gasteiger partial charge on any atom is 0.0862 e. The molecule has 164 valence electrons. The Hall–Kier alpha value is -0.600. The van der Waals surface area contributed by atoms with Crippen LogP contribution in [0.15, 0.2) is 24.3 Å². The summed E-state index contributed by atoms with van der Waals surface area (Å²) in [5.41, 5.74) is 0.829. The van der Waals surface area contributed by atoms with Crippen molar-refractivity contribution in [1.82, 2.24) is 0 Å². The Morgan fingerprint density at radius 2 is 1.97 bits per heavy atom. The third kappa shape index (κ3) is 3.89. The molecule has 0 aromatic carbocycles. The predicted octanol–water partition coefficient (Wildman–Crippen LogP) is 6.28. The van der Waals surface area contributed by atoms with Crippen LogP contribution in [0.25, 0.3) is 0 Å². The summed E-state index contributed by atoms with van der Waals surface area (Å²) in [4.78, 5) is 0. The fourth-order valence-corrected chi connectivity index (χ4v) is 8.25. The minimum atomic E-state index is -0.660. The van der Waals surface area contributed by atoms with Gasteiger partial charge in [-0.2, -0.15) is 0 Å². The van der Waals surface area contributed by atoms with Crippen molar-refractivity contribution >= 4 is 0 Å². The second kappa shape index (κ2) is 7.52. The van der Waals surface area contributed by atoms with Crippen molar-refractivity contribution in [2.45, 2.75) is 103 Å². The molecule has 4 rings (SSSR count). The molecule has 0 saturated heterocycles. The van der Waals surface area contributed by atoms with Crippen LogP contribution in [0.2, 0.25) is 0 Å². The summed E-state index contributed by atoms with van der Waals surface area (Å²) in [6, 6.07) is 0. The third-order valence-corrected chi connectivity index (χ3v) is 9.89. The van der Waals surface area contributed by atoms with E-state index in [4.69, 9.17) is 0 Å². The second-order valence-corrected chi connectivity index (χ2v) is 12.1. The van der Waals surface area contributed by atoms with Crippen LogP contribution >= 0.6 is 0 Å². The molecular formula is C27H44O2. The molecule has 8 atom stereocenters. The van der Waals surface area contributed by atoms with Gasteiger partial charge in [0.2, 0.25) is 0 Å². The first-order valence-electron chi connectivity index (χ1n) is 12.3. The van der Waals surface area contributed by atoms with Gasteiger partial charge in [0.05, 0.1) is 11.2 Å². The van der Waals surface area contributed by atoms with Gasteiger partial charge in [-0.25, -0.2) is 0 Å². The van der Waals surface area contributed by atoms with E-state index < -0.39 is 11.2 Å². The van der Waals surface area contributed by atoms with Crippen LogP contribution in [0, 0.1) is 40.9 Å². The van der Waals surface area contributed by atoms with Gasteiger partial charge in [-0.15, -0.1) is 6.58 Å². The summed E-state index contributed by atoms with van der Waals surface area (Å²) in [7, 11) is 0. The summed E-state index contributed by atoms with van der Waals surface area (Å²) in [6.07, 6.45) is 16.0. The van der Waals surface area contributed by atoms with Gasteiger partial charge in [-0.3, -0.25) is 0 Å². The van der Waals surface area contributed by atoms with Crippen molar-refractivity contribution in [3.63, 3.8) is 0 Å². The molecule has 2 nitrogen and oxygen atoms in total. The Labute approximate surface area is 178 Å². The first-order valence-corrected chi connectivity index (χ1v) is 12.3. The highest BCUT2D eigenvalue weighted by molar-refractivity contribution is 5.24. The largest absolute Gasteiger partial charge is 0.390 e. The molecular weight excluding hydrogens is 356 g/mol. The first-order chi connectivity index (χ1) is 13.6. The molecule has 2 heteroatoms. The lowest BCUT2D eigenvalue weighted by molar-refractivity contribution is -0.0377. The quantitative estimate of drug-likeness (QED) is 0.533. The number of hydrogen-bond acceptors (Lipinski definition) is 2. The molecule has 0 amide bonds. The maximum atomic E-state index is 10.7. The Bertz CT molecular complexity index is 658. The Balaban J connectivity index is 1.49. The van der Waals surface area contributed by atoms with E-state index in [1.165, 1.54) is 37.7 Å². The summed E-state index contributed by atoms with van der Waals surface area (Å²) in [5, 5.41) is 20.9. The van der Waals surface area contributed by atoms with E-state index >= 15 is 0 Å². The predicted molar refractivity (Wildman–Crippen MR) is 120 cm³/mol. The molecule has 0 aromatic rings. The maximum absolute atomic E-state index is 10.7. The number of rotatable bonds is 5. The monoisotopic (exact) mass is 400 g/mol. The fourth-order valence-electron chi connectivity index (χ4n) is 8.25. The van der Waals surface area contributed by atoms with Crippen molar-refractivity contribution in [1.29, 1.82) is 0 Å². The third-order valence-electron chi connectivity index (χ3n) is 9.89. The van der Waals surface area contributed by atoms with Gasteiger partial charge in [0.25, 0.3) is 0 Å². The van der Waals surface area contributed by atoms with E-state index in [2.05, 4.69) is 26.5 Å². The fraction of sp³-hybridized carbons (Fsp3) is 0.852. The molecule has 3 saturated carbocycles. The van der Waals surface area contributed by atoms with Gasteiger partial charge in [-0.05, 0) is 113 Å². The van der Waals surface area contributed by atoms with Crippen LogP contribution in [0.3, 0.4) is 0 Å². The second-order valence-electron chi connectivity index (χ2n) is 12.1. The molecule has 4 aliphatic carbocycles. The van der Waals surface area contributed by atoms with Crippen molar-refractivity contribution in [2.75, 3.05) is 0 Å². The summed E-state index contributed by atoms with van der Waals surface area (Å²) >= 11 is 0. The topological polar surface area (TPSA) is 40.5 Å². The lowest BCUT2D eigenvalue weighted by Crippen LogP contribution is -2.48. The molecule has 0 spiro atoms. The molecule has 29 heavy (non-hydrogen) atoms. The Morgan fingerprint density at radius 3 is 2.66 bits per heavy atom. The zero-order valence-corrected chi connectivity index (χ0v) is 19.3. The zero-order valence-electron chi connectivity index (χ0n) is 19.3. The van der Waals surface area contributed by atoms with Crippen molar-refractivity contribution in [3.8, 4) is 0 Å². The number of fused-ring (bicyclic) bond motifs is 5. The van der Waals surface area contributed by atoms with Crippen LogP contribution in [0.5, 0.6) is 0 Å². The zero-order chi connectivity index (χ0) is 21.0. The SMILES string of the molecule is C=C[C@]1(O)CC[C@H]2C(=CCC3C2CC[C@@]2(C)C3CC[C@@H]2C(C)CCC(C)(C)O)C1. The summed E-state index contributed by atoms with van der Waals surface area (Å²) in [5.74, 6) is 4.80. The smallest absolute Gasteiger partial charge is 0.0862 e.